The Morgan fingerprint density at radius 2 is 2.33 bits per heavy atom. The van der Waals surface area contributed by atoms with Crippen LogP contribution in [-0.2, 0) is 10.5 Å². The predicted octanol–water partition coefficient (Wildman–Crippen LogP) is 2.72. The molecule has 2 heterocycles. The maximum absolute atomic E-state index is 5.96. The lowest BCUT2D eigenvalue weighted by Gasteiger charge is -2.11. The number of nitrogens with one attached hydrogen (secondary N) is 1. The van der Waals surface area contributed by atoms with Gasteiger partial charge in [-0.1, -0.05) is 22.8 Å². The molecule has 112 valence electrons. The first-order chi connectivity index (χ1) is 10.3. The lowest BCUT2D eigenvalue weighted by Crippen LogP contribution is -2.31. The molecule has 0 bridgehead atoms. The first kappa shape index (κ1) is 14.8. The van der Waals surface area contributed by atoms with Gasteiger partial charge in [0, 0.05) is 16.0 Å². The Hall–Kier alpha value is -1.08. The number of aromatic nitrogens is 2. The van der Waals surface area contributed by atoms with Gasteiger partial charge in [0.2, 0.25) is 5.89 Å². The van der Waals surface area contributed by atoms with Gasteiger partial charge in [-0.2, -0.15) is 4.98 Å². The highest BCUT2D eigenvalue weighted by Gasteiger charge is 2.32. The molecular weight excluding hydrogens is 310 g/mol. The van der Waals surface area contributed by atoms with E-state index in [9.17, 15) is 0 Å². The quantitative estimate of drug-likeness (QED) is 0.853. The molecule has 1 aromatic heterocycles. The molecule has 1 aliphatic rings. The summed E-state index contributed by atoms with van der Waals surface area (Å²) in [5.41, 5.74) is 0. The van der Waals surface area contributed by atoms with E-state index in [0.29, 0.717) is 30.7 Å². The van der Waals surface area contributed by atoms with E-state index in [4.69, 9.17) is 20.9 Å². The van der Waals surface area contributed by atoms with Gasteiger partial charge in [-0.15, -0.1) is 11.8 Å². The number of hydrogen-bond acceptors (Lipinski definition) is 6. The van der Waals surface area contributed by atoms with Gasteiger partial charge in [-0.25, -0.2) is 0 Å². The van der Waals surface area contributed by atoms with Crippen LogP contribution in [0.15, 0.2) is 33.7 Å². The van der Waals surface area contributed by atoms with Crippen LogP contribution < -0.4 is 5.32 Å². The predicted molar refractivity (Wildman–Crippen MR) is 81.7 cm³/mol. The molecule has 2 unspecified atom stereocenters. The topological polar surface area (TPSA) is 60.2 Å². The van der Waals surface area contributed by atoms with Crippen LogP contribution in [0.4, 0.5) is 0 Å². The van der Waals surface area contributed by atoms with E-state index in [-0.39, 0.29) is 12.0 Å². The Morgan fingerprint density at radius 3 is 3.14 bits per heavy atom. The van der Waals surface area contributed by atoms with Crippen molar-refractivity contribution in [2.24, 2.45) is 0 Å². The van der Waals surface area contributed by atoms with E-state index >= 15 is 0 Å². The van der Waals surface area contributed by atoms with Crippen LogP contribution in [0.25, 0.3) is 0 Å². The van der Waals surface area contributed by atoms with Gasteiger partial charge in [0.1, 0.15) is 0 Å². The summed E-state index contributed by atoms with van der Waals surface area (Å²) in [4.78, 5) is 5.57. The molecule has 0 radical (unpaired) electrons. The molecule has 0 aliphatic carbocycles. The van der Waals surface area contributed by atoms with E-state index in [1.165, 1.54) is 0 Å². The smallest absolute Gasteiger partial charge is 0.233 e. The van der Waals surface area contributed by atoms with Crippen LogP contribution in [0.3, 0.4) is 0 Å². The van der Waals surface area contributed by atoms with Gasteiger partial charge < -0.3 is 14.6 Å². The lowest BCUT2D eigenvalue weighted by atomic mass is 10.0. The van der Waals surface area contributed by atoms with Crippen molar-refractivity contribution in [1.29, 1.82) is 0 Å². The first-order valence-corrected chi connectivity index (χ1v) is 8.08. The molecule has 2 aromatic rings. The Kier molecular flexibility index (Phi) is 4.80. The maximum atomic E-state index is 5.96. The molecule has 1 fully saturated rings. The monoisotopic (exact) mass is 325 g/mol. The van der Waals surface area contributed by atoms with E-state index in [1.807, 2.05) is 31.3 Å². The Balaban J connectivity index is 1.63. The summed E-state index contributed by atoms with van der Waals surface area (Å²) in [6.45, 7) is 1.30. The van der Waals surface area contributed by atoms with Gasteiger partial charge in [-0.3, -0.25) is 0 Å². The van der Waals surface area contributed by atoms with Crippen LogP contribution in [0.2, 0.25) is 5.02 Å². The fraction of sp³-hybridized carbons (Fsp3) is 0.429. The van der Waals surface area contributed by atoms with Crippen molar-refractivity contribution < 1.29 is 9.26 Å². The van der Waals surface area contributed by atoms with Crippen LogP contribution in [0.5, 0.6) is 0 Å². The van der Waals surface area contributed by atoms with Crippen molar-refractivity contribution >= 4 is 23.4 Å². The van der Waals surface area contributed by atoms with Gasteiger partial charge in [0.05, 0.1) is 24.9 Å². The fourth-order valence-electron chi connectivity index (χ4n) is 2.26. The molecule has 1 aliphatic heterocycles. The third kappa shape index (κ3) is 3.58. The van der Waals surface area contributed by atoms with Crippen molar-refractivity contribution in [2.45, 2.75) is 22.6 Å². The van der Waals surface area contributed by atoms with Crippen LogP contribution >= 0.6 is 23.4 Å². The minimum atomic E-state index is 0.132. The molecule has 1 saturated heterocycles. The zero-order valence-electron chi connectivity index (χ0n) is 11.6. The number of thioether (sulfide) groups is 1. The normalized spacial score (nSPS) is 21.8. The minimum absolute atomic E-state index is 0.132. The van der Waals surface area contributed by atoms with Crippen LogP contribution in [0, 0.1) is 0 Å². The summed E-state index contributed by atoms with van der Waals surface area (Å²) in [5.74, 6) is 2.12. The highest BCUT2D eigenvalue weighted by atomic mass is 35.5. The molecule has 0 spiro atoms. The van der Waals surface area contributed by atoms with Gasteiger partial charge >= 0.3 is 0 Å². The van der Waals surface area contributed by atoms with E-state index < -0.39 is 0 Å². The molecule has 1 aromatic carbocycles. The van der Waals surface area contributed by atoms with Gasteiger partial charge in [-0.05, 0) is 25.2 Å². The summed E-state index contributed by atoms with van der Waals surface area (Å²) in [6.07, 6.45) is 0. The first-order valence-electron chi connectivity index (χ1n) is 6.72. The van der Waals surface area contributed by atoms with Crippen molar-refractivity contribution in [3.8, 4) is 0 Å². The summed E-state index contributed by atoms with van der Waals surface area (Å²) < 4.78 is 10.8. The molecule has 3 rings (SSSR count). The highest BCUT2D eigenvalue weighted by molar-refractivity contribution is 7.98. The number of hydrogen-bond donors (Lipinski definition) is 1. The molecule has 0 saturated carbocycles. The summed E-state index contributed by atoms with van der Waals surface area (Å²) in [7, 11) is 1.92. The molecule has 2 atom stereocenters. The number of likely N-dealkylation sites (N-methyl/N-ethyl adjacent to an activating group) is 1. The second-order valence-electron chi connectivity index (χ2n) is 4.83. The molecule has 0 amide bonds. The fourth-order valence-corrected chi connectivity index (χ4v) is 3.32. The lowest BCUT2D eigenvalue weighted by molar-refractivity contribution is 0.185. The summed E-state index contributed by atoms with van der Waals surface area (Å²) in [6, 6.07) is 7.96. The average Bonchev–Trinajstić information content (AvgIpc) is 3.13. The average molecular weight is 326 g/mol. The number of rotatable bonds is 5. The van der Waals surface area contributed by atoms with Crippen molar-refractivity contribution in [3.63, 3.8) is 0 Å². The third-order valence-electron chi connectivity index (χ3n) is 3.42. The number of halogens is 1. The second kappa shape index (κ2) is 6.79. The van der Waals surface area contributed by atoms with Crippen molar-refractivity contribution in [2.75, 3.05) is 20.3 Å². The highest BCUT2D eigenvalue weighted by Crippen LogP contribution is 2.27. The molecular formula is C14H16ClN3O2S. The minimum Gasteiger partial charge on any atom is -0.379 e. The third-order valence-corrected chi connectivity index (χ3v) is 4.64. The van der Waals surface area contributed by atoms with Gasteiger partial charge in [0.15, 0.2) is 5.82 Å². The maximum Gasteiger partial charge on any atom is 0.233 e. The second-order valence-corrected chi connectivity index (χ2v) is 6.32. The summed E-state index contributed by atoms with van der Waals surface area (Å²) in [5, 5.41) is 7.99. The van der Waals surface area contributed by atoms with Crippen LogP contribution in [0.1, 0.15) is 17.6 Å². The number of benzene rings is 1. The standard InChI is InChI=1S/C14H16ClN3O2S/c1-16-12-7-19-6-11(12)14-17-13(18-20-14)8-21-10-4-2-3-9(15)5-10/h2-5,11-12,16H,6-8H2,1H3. The number of ether oxygens (including phenoxy) is 1. The van der Waals surface area contributed by atoms with Crippen molar-refractivity contribution in [3.05, 3.63) is 41.0 Å². The zero-order valence-corrected chi connectivity index (χ0v) is 13.2. The molecule has 1 N–H and O–H groups in total. The molecule has 21 heavy (non-hydrogen) atoms. The SMILES string of the molecule is CNC1COCC1c1nc(CSc2cccc(Cl)c2)no1. The summed E-state index contributed by atoms with van der Waals surface area (Å²) >= 11 is 7.60. The van der Waals surface area contributed by atoms with Crippen molar-refractivity contribution in [1.82, 2.24) is 15.5 Å². The van der Waals surface area contributed by atoms with E-state index in [0.717, 1.165) is 9.92 Å². The zero-order chi connectivity index (χ0) is 14.7. The van der Waals surface area contributed by atoms with Crippen LogP contribution in [-0.4, -0.2) is 36.4 Å². The Morgan fingerprint density at radius 1 is 1.43 bits per heavy atom. The molecule has 5 nitrogen and oxygen atoms in total. The van der Waals surface area contributed by atoms with E-state index in [1.54, 1.807) is 11.8 Å². The Bertz CT molecular complexity index is 607. The molecule has 7 heteroatoms. The number of nitrogens with zero attached hydrogens (tertiary/aromatic N) is 2. The Labute approximate surface area is 132 Å². The largest absolute Gasteiger partial charge is 0.379 e. The van der Waals surface area contributed by atoms with E-state index in [2.05, 4.69) is 15.5 Å². The van der Waals surface area contributed by atoms with Gasteiger partial charge in [0.25, 0.3) is 0 Å².